The molecule has 5 nitrogen and oxygen atoms in total. The molecule has 3 N–H and O–H groups in total. The number of carbonyl (C=O) groups excluding carboxylic acids is 2. The Morgan fingerprint density at radius 3 is 2.16 bits per heavy atom. The molecule has 0 saturated heterocycles. The van der Waals surface area contributed by atoms with Crippen molar-refractivity contribution in [2.24, 2.45) is 0 Å². The zero-order valence-corrected chi connectivity index (χ0v) is 13.7. The van der Waals surface area contributed by atoms with Crippen LogP contribution in [0.4, 0.5) is 20.6 Å². The van der Waals surface area contributed by atoms with Crippen LogP contribution in [0, 0.1) is 5.82 Å². The average Bonchev–Trinajstić information content (AvgIpc) is 2.61. The number of nitrogens with one attached hydrogen (secondary N) is 3. The van der Waals surface area contributed by atoms with E-state index in [1.807, 2.05) is 0 Å². The monoisotopic (exact) mass is 341 g/mol. The van der Waals surface area contributed by atoms with Crippen molar-refractivity contribution in [2.45, 2.75) is 12.8 Å². The third-order valence-electron chi connectivity index (χ3n) is 3.39. The zero-order chi connectivity index (χ0) is 18.1. The van der Waals surface area contributed by atoms with Crippen molar-refractivity contribution >= 4 is 23.3 Å². The summed E-state index contributed by atoms with van der Waals surface area (Å²) in [5.74, 6) is -0.422. The summed E-state index contributed by atoms with van der Waals surface area (Å²) < 4.78 is 12.8. The maximum atomic E-state index is 12.8. The Morgan fingerprint density at radius 2 is 1.56 bits per heavy atom. The van der Waals surface area contributed by atoms with E-state index in [1.54, 1.807) is 42.5 Å². The van der Waals surface area contributed by atoms with Gasteiger partial charge in [-0.25, -0.2) is 9.18 Å². The molecule has 0 saturated carbocycles. The molecule has 0 atom stereocenters. The van der Waals surface area contributed by atoms with Crippen molar-refractivity contribution in [3.05, 3.63) is 72.6 Å². The van der Waals surface area contributed by atoms with Crippen LogP contribution in [0.5, 0.6) is 0 Å². The highest BCUT2D eigenvalue weighted by atomic mass is 19.1. The lowest BCUT2D eigenvalue weighted by Crippen LogP contribution is -2.28. The van der Waals surface area contributed by atoms with Gasteiger partial charge in [-0.3, -0.25) is 4.79 Å². The van der Waals surface area contributed by atoms with Crippen LogP contribution in [0.1, 0.15) is 12.0 Å². The molecule has 2 aromatic carbocycles. The van der Waals surface area contributed by atoms with Crippen molar-refractivity contribution < 1.29 is 14.0 Å². The first-order chi connectivity index (χ1) is 12.1. The number of urea groups is 1. The number of aryl methyl sites for hydroxylation is 1. The van der Waals surface area contributed by atoms with Crippen LogP contribution >= 0.6 is 0 Å². The fourth-order valence-electron chi connectivity index (χ4n) is 2.11. The summed E-state index contributed by atoms with van der Waals surface area (Å²) in [6.45, 7) is 3.90. The van der Waals surface area contributed by atoms with Crippen LogP contribution in [0.3, 0.4) is 0 Å². The smallest absolute Gasteiger partial charge is 0.319 e. The van der Waals surface area contributed by atoms with Gasteiger partial charge in [0.15, 0.2) is 0 Å². The Hall–Kier alpha value is -3.15. The number of rotatable bonds is 7. The Kier molecular flexibility index (Phi) is 6.71. The lowest BCUT2D eigenvalue weighted by Gasteiger charge is -2.08. The van der Waals surface area contributed by atoms with E-state index in [1.165, 1.54) is 12.1 Å². The van der Waals surface area contributed by atoms with Crippen molar-refractivity contribution in [1.82, 2.24) is 5.32 Å². The SMILES string of the molecule is C=CCNC(=O)Nc1ccc(NC(=O)CCc2ccc(F)cc2)cc1. The van der Waals surface area contributed by atoms with E-state index < -0.39 is 0 Å². The number of hydrogen-bond acceptors (Lipinski definition) is 2. The number of anilines is 2. The van der Waals surface area contributed by atoms with E-state index in [-0.39, 0.29) is 17.8 Å². The molecule has 0 fully saturated rings. The van der Waals surface area contributed by atoms with Crippen LogP contribution in [-0.2, 0) is 11.2 Å². The third kappa shape index (κ3) is 6.47. The fourth-order valence-corrected chi connectivity index (χ4v) is 2.11. The van der Waals surface area contributed by atoms with Crippen LogP contribution < -0.4 is 16.0 Å². The predicted octanol–water partition coefficient (Wildman–Crippen LogP) is 3.70. The van der Waals surface area contributed by atoms with Gasteiger partial charge in [0.2, 0.25) is 5.91 Å². The molecule has 25 heavy (non-hydrogen) atoms. The Bertz CT molecular complexity index is 727. The van der Waals surface area contributed by atoms with Crippen molar-refractivity contribution in [2.75, 3.05) is 17.2 Å². The molecule has 0 unspecified atom stereocenters. The summed E-state index contributed by atoms with van der Waals surface area (Å²) in [6.07, 6.45) is 2.43. The standard InChI is InChI=1S/C19H20FN3O2/c1-2-13-21-19(25)23-17-10-8-16(9-11-17)22-18(24)12-5-14-3-6-15(20)7-4-14/h2-4,6-11H,1,5,12-13H2,(H,22,24)(H2,21,23,25). The summed E-state index contributed by atoms with van der Waals surface area (Å²) in [6, 6.07) is 12.6. The minimum Gasteiger partial charge on any atom is -0.334 e. The molecule has 2 rings (SSSR count). The first-order valence-corrected chi connectivity index (χ1v) is 7.87. The van der Waals surface area contributed by atoms with Gasteiger partial charge in [0.05, 0.1) is 0 Å². The highest BCUT2D eigenvalue weighted by molar-refractivity contribution is 5.92. The highest BCUT2D eigenvalue weighted by Gasteiger charge is 2.05. The van der Waals surface area contributed by atoms with Gasteiger partial charge in [-0.2, -0.15) is 0 Å². The van der Waals surface area contributed by atoms with Gasteiger partial charge in [0.25, 0.3) is 0 Å². The first-order valence-electron chi connectivity index (χ1n) is 7.87. The zero-order valence-electron chi connectivity index (χ0n) is 13.7. The van der Waals surface area contributed by atoms with E-state index in [0.29, 0.717) is 30.8 Å². The summed E-state index contributed by atoms with van der Waals surface area (Å²) >= 11 is 0. The first kappa shape index (κ1) is 18.2. The van der Waals surface area contributed by atoms with E-state index in [9.17, 15) is 14.0 Å². The number of hydrogen-bond donors (Lipinski definition) is 3. The van der Waals surface area contributed by atoms with Crippen molar-refractivity contribution in [3.63, 3.8) is 0 Å². The molecule has 6 heteroatoms. The van der Waals surface area contributed by atoms with E-state index in [0.717, 1.165) is 5.56 Å². The summed E-state index contributed by atoms with van der Waals surface area (Å²) in [4.78, 5) is 23.5. The van der Waals surface area contributed by atoms with Gasteiger partial charge in [-0.1, -0.05) is 18.2 Å². The number of amides is 3. The molecule has 0 spiro atoms. The second kappa shape index (κ2) is 9.22. The van der Waals surface area contributed by atoms with E-state index >= 15 is 0 Å². The molecule has 0 heterocycles. The molecule has 0 aliphatic heterocycles. The van der Waals surface area contributed by atoms with E-state index in [4.69, 9.17) is 0 Å². The molecule has 0 radical (unpaired) electrons. The van der Waals surface area contributed by atoms with Crippen LogP contribution in [0.15, 0.2) is 61.2 Å². The molecule has 2 aromatic rings. The van der Waals surface area contributed by atoms with Gasteiger partial charge in [-0.15, -0.1) is 6.58 Å². The molecule has 0 aromatic heterocycles. The Morgan fingerprint density at radius 1 is 0.960 bits per heavy atom. The molecule has 0 aliphatic carbocycles. The van der Waals surface area contributed by atoms with Crippen molar-refractivity contribution in [3.8, 4) is 0 Å². The van der Waals surface area contributed by atoms with Crippen LogP contribution in [0.25, 0.3) is 0 Å². The molecule has 0 bridgehead atoms. The second-order valence-electron chi connectivity index (χ2n) is 5.38. The predicted molar refractivity (Wildman–Crippen MR) is 97.0 cm³/mol. The third-order valence-corrected chi connectivity index (χ3v) is 3.39. The van der Waals surface area contributed by atoms with Gasteiger partial charge >= 0.3 is 6.03 Å². The van der Waals surface area contributed by atoms with E-state index in [2.05, 4.69) is 22.5 Å². The molecular formula is C19H20FN3O2. The second-order valence-corrected chi connectivity index (χ2v) is 5.38. The van der Waals surface area contributed by atoms with Crippen molar-refractivity contribution in [1.29, 1.82) is 0 Å². The average molecular weight is 341 g/mol. The van der Waals surface area contributed by atoms with Gasteiger partial charge in [0, 0.05) is 24.3 Å². The normalized spacial score (nSPS) is 9.96. The Labute approximate surface area is 145 Å². The number of carbonyl (C=O) groups is 2. The van der Waals surface area contributed by atoms with Gasteiger partial charge in [-0.05, 0) is 48.4 Å². The lowest BCUT2D eigenvalue weighted by atomic mass is 10.1. The highest BCUT2D eigenvalue weighted by Crippen LogP contribution is 2.14. The lowest BCUT2D eigenvalue weighted by molar-refractivity contribution is -0.116. The minimum atomic E-state index is -0.323. The summed E-state index contributed by atoms with van der Waals surface area (Å²) in [7, 11) is 0. The molecule has 0 aliphatic rings. The quantitative estimate of drug-likeness (QED) is 0.672. The number of halogens is 1. The van der Waals surface area contributed by atoms with Gasteiger partial charge < -0.3 is 16.0 Å². The van der Waals surface area contributed by atoms with Crippen LogP contribution in [-0.4, -0.2) is 18.5 Å². The van der Waals surface area contributed by atoms with Crippen LogP contribution in [0.2, 0.25) is 0 Å². The molecule has 130 valence electrons. The summed E-state index contributed by atoms with van der Waals surface area (Å²) in [5, 5.41) is 8.05. The topological polar surface area (TPSA) is 70.2 Å². The largest absolute Gasteiger partial charge is 0.334 e. The van der Waals surface area contributed by atoms with Gasteiger partial charge in [0.1, 0.15) is 5.82 Å². The minimum absolute atomic E-state index is 0.131. The number of benzene rings is 2. The molecular weight excluding hydrogens is 321 g/mol. The fraction of sp³-hybridized carbons (Fsp3) is 0.158. The molecule has 3 amide bonds. The maximum absolute atomic E-state index is 12.8. The summed E-state index contributed by atoms with van der Waals surface area (Å²) in [5.41, 5.74) is 2.16. The Balaban J connectivity index is 1.79. The maximum Gasteiger partial charge on any atom is 0.319 e.